The Hall–Kier alpha value is -1.60. The summed E-state index contributed by atoms with van der Waals surface area (Å²) >= 11 is 1.65. The number of carbonyl (C=O) groups excluding carboxylic acids is 1. The minimum atomic E-state index is -0.925. The van der Waals surface area contributed by atoms with Crippen LogP contribution in [0.3, 0.4) is 0 Å². The Bertz CT molecular complexity index is 463. The quantitative estimate of drug-likeness (QED) is 0.851. The first-order valence-electron chi connectivity index (χ1n) is 6.43. The van der Waals surface area contributed by atoms with E-state index in [9.17, 15) is 9.59 Å². The molecule has 7 heteroatoms. The largest absolute Gasteiger partial charge is 0.481 e. The summed E-state index contributed by atoms with van der Waals surface area (Å²) in [5, 5.41) is 13.9. The fraction of sp³-hybridized carbons (Fsp3) is 0.538. The van der Waals surface area contributed by atoms with Crippen LogP contribution >= 0.6 is 11.3 Å². The predicted octanol–water partition coefficient (Wildman–Crippen LogP) is 1.03. The first-order valence-corrected chi connectivity index (χ1v) is 7.31. The maximum atomic E-state index is 12.0. The summed E-state index contributed by atoms with van der Waals surface area (Å²) < 4.78 is 5.16. The number of hydrogen-bond donors (Lipinski definition) is 2. The van der Waals surface area contributed by atoms with E-state index in [1.165, 1.54) is 9.78 Å². The number of thiophene rings is 1. The first-order chi connectivity index (χ1) is 9.59. The van der Waals surface area contributed by atoms with Crippen molar-refractivity contribution >= 4 is 23.3 Å². The van der Waals surface area contributed by atoms with Crippen LogP contribution in [-0.4, -0.2) is 54.9 Å². The molecular weight excluding hydrogens is 280 g/mol. The fourth-order valence-electron chi connectivity index (χ4n) is 2.18. The molecular formula is C13H18N2O4S. The van der Waals surface area contributed by atoms with Gasteiger partial charge in [0.15, 0.2) is 0 Å². The van der Waals surface area contributed by atoms with Crippen molar-refractivity contribution in [2.75, 3.05) is 26.8 Å². The smallest absolute Gasteiger partial charge is 0.317 e. The third-order valence-corrected chi connectivity index (χ3v) is 4.35. The summed E-state index contributed by atoms with van der Waals surface area (Å²) in [6.45, 7) is 0.966. The van der Waals surface area contributed by atoms with Crippen molar-refractivity contribution in [2.24, 2.45) is 5.92 Å². The van der Waals surface area contributed by atoms with Crippen molar-refractivity contribution in [1.29, 1.82) is 0 Å². The number of nitrogens with one attached hydrogen (secondary N) is 1. The number of aliphatic carboxylic acids is 1. The van der Waals surface area contributed by atoms with Crippen LogP contribution < -0.4 is 5.32 Å². The lowest BCUT2D eigenvalue weighted by atomic mass is 10.0. The summed E-state index contributed by atoms with van der Waals surface area (Å²) in [6, 6.07) is 3.32. The van der Waals surface area contributed by atoms with Gasteiger partial charge in [0.05, 0.1) is 19.3 Å². The van der Waals surface area contributed by atoms with Crippen molar-refractivity contribution in [1.82, 2.24) is 10.2 Å². The normalized spacial score (nSPS) is 21.6. The number of carbonyl (C=O) groups is 2. The molecule has 1 aromatic heterocycles. The van der Waals surface area contributed by atoms with Gasteiger partial charge in [0, 0.05) is 18.5 Å². The van der Waals surface area contributed by atoms with E-state index in [-0.39, 0.29) is 19.2 Å². The molecule has 2 atom stereocenters. The van der Waals surface area contributed by atoms with Crippen LogP contribution in [0.2, 0.25) is 0 Å². The van der Waals surface area contributed by atoms with Crippen LogP contribution in [0.1, 0.15) is 4.88 Å². The van der Waals surface area contributed by atoms with E-state index in [0.717, 1.165) is 6.42 Å². The summed E-state index contributed by atoms with van der Waals surface area (Å²) in [5.41, 5.74) is 0. The van der Waals surface area contributed by atoms with E-state index < -0.39 is 17.9 Å². The number of carboxylic acid groups (broad SMARTS) is 1. The predicted molar refractivity (Wildman–Crippen MR) is 74.9 cm³/mol. The van der Waals surface area contributed by atoms with Crippen LogP contribution in [0, 0.1) is 5.92 Å². The highest BCUT2D eigenvalue weighted by atomic mass is 32.1. The zero-order valence-electron chi connectivity index (χ0n) is 11.2. The van der Waals surface area contributed by atoms with E-state index in [1.807, 2.05) is 17.5 Å². The van der Waals surface area contributed by atoms with E-state index >= 15 is 0 Å². The minimum absolute atomic E-state index is 0.160. The molecule has 110 valence electrons. The Morgan fingerprint density at radius 3 is 3.00 bits per heavy atom. The van der Waals surface area contributed by atoms with Crippen molar-refractivity contribution < 1.29 is 19.4 Å². The lowest BCUT2D eigenvalue weighted by Crippen LogP contribution is -2.48. The molecule has 0 aliphatic carbocycles. The Labute approximate surface area is 121 Å². The Morgan fingerprint density at radius 1 is 1.55 bits per heavy atom. The SMILES string of the molecule is CN(C(=O)NCCc1cccs1)C1COCC1C(=O)O. The van der Waals surface area contributed by atoms with Gasteiger partial charge in [-0.05, 0) is 17.9 Å². The lowest BCUT2D eigenvalue weighted by Gasteiger charge is -2.26. The molecule has 2 heterocycles. The van der Waals surface area contributed by atoms with Gasteiger partial charge in [0.2, 0.25) is 0 Å². The number of nitrogens with zero attached hydrogens (tertiary/aromatic N) is 1. The molecule has 0 radical (unpaired) electrons. The summed E-state index contributed by atoms with van der Waals surface area (Å²) in [5.74, 6) is -1.58. The molecule has 0 aromatic carbocycles. The standard InChI is InChI=1S/C13H18N2O4S/c1-15(11-8-19-7-10(11)12(16)17)13(18)14-5-4-9-3-2-6-20-9/h2-3,6,10-11H,4-5,7-8H2,1H3,(H,14,18)(H,16,17). The summed E-state index contributed by atoms with van der Waals surface area (Å²) in [6.07, 6.45) is 0.779. The van der Waals surface area contributed by atoms with Gasteiger partial charge in [0.25, 0.3) is 0 Å². The van der Waals surface area contributed by atoms with Crippen molar-refractivity contribution in [3.8, 4) is 0 Å². The second kappa shape index (κ2) is 6.71. The van der Waals surface area contributed by atoms with Crippen molar-refractivity contribution in [3.63, 3.8) is 0 Å². The Balaban J connectivity index is 1.80. The van der Waals surface area contributed by atoms with Crippen molar-refractivity contribution in [2.45, 2.75) is 12.5 Å². The first kappa shape index (κ1) is 14.8. The minimum Gasteiger partial charge on any atom is -0.481 e. The Kier molecular flexibility index (Phi) is 4.97. The fourth-order valence-corrected chi connectivity index (χ4v) is 2.89. The zero-order valence-corrected chi connectivity index (χ0v) is 12.1. The molecule has 2 unspecified atom stereocenters. The highest BCUT2D eigenvalue weighted by molar-refractivity contribution is 7.09. The molecule has 2 N–H and O–H groups in total. The molecule has 20 heavy (non-hydrogen) atoms. The van der Waals surface area contributed by atoms with Crippen LogP contribution in [0.5, 0.6) is 0 Å². The maximum absolute atomic E-state index is 12.0. The van der Waals surface area contributed by atoms with Gasteiger partial charge >= 0.3 is 12.0 Å². The Morgan fingerprint density at radius 2 is 2.35 bits per heavy atom. The van der Waals surface area contributed by atoms with Gasteiger partial charge in [-0.2, -0.15) is 0 Å². The molecule has 1 aromatic rings. The van der Waals surface area contributed by atoms with E-state index in [2.05, 4.69) is 5.32 Å². The topological polar surface area (TPSA) is 78.9 Å². The molecule has 2 amide bonds. The van der Waals surface area contributed by atoms with Gasteiger partial charge in [-0.25, -0.2) is 4.79 Å². The number of ether oxygens (including phenoxy) is 1. The van der Waals surface area contributed by atoms with Gasteiger partial charge < -0.3 is 20.1 Å². The molecule has 1 aliphatic heterocycles. The highest BCUT2D eigenvalue weighted by Crippen LogP contribution is 2.19. The number of hydrogen-bond acceptors (Lipinski definition) is 4. The van der Waals surface area contributed by atoms with Crippen LogP contribution in [0.25, 0.3) is 0 Å². The summed E-state index contributed by atoms with van der Waals surface area (Å²) in [4.78, 5) is 25.7. The van der Waals surface area contributed by atoms with Gasteiger partial charge in [-0.1, -0.05) is 6.07 Å². The van der Waals surface area contributed by atoms with Gasteiger partial charge in [-0.3, -0.25) is 4.79 Å². The van der Waals surface area contributed by atoms with E-state index in [0.29, 0.717) is 6.54 Å². The van der Waals surface area contributed by atoms with Crippen LogP contribution in [0.15, 0.2) is 17.5 Å². The average molecular weight is 298 g/mol. The number of urea groups is 1. The van der Waals surface area contributed by atoms with Gasteiger partial charge in [-0.15, -0.1) is 11.3 Å². The zero-order chi connectivity index (χ0) is 14.5. The second-order valence-electron chi connectivity index (χ2n) is 4.72. The van der Waals surface area contributed by atoms with E-state index in [1.54, 1.807) is 18.4 Å². The van der Waals surface area contributed by atoms with E-state index in [4.69, 9.17) is 9.84 Å². The third kappa shape index (κ3) is 3.49. The van der Waals surface area contributed by atoms with Gasteiger partial charge in [0.1, 0.15) is 5.92 Å². The second-order valence-corrected chi connectivity index (χ2v) is 5.75. The molecule has 1 fully saturated rings. The molecule has 0 bridgehead atoms. The number of rotatable bonds is 5. The van der Waals surface area contributed by atoms with Crippen LogP contribution in [-0.2, 0) is 16.0 Å². The number of amides is 2. The average Bonchev–Trinajstić information content (AvgIpc) is 3.08. The highest BCUT2D eigenvalue weighted by Gasteiger charge is 2.38. The number of carboxylic acids is 1. The van der Waals surface area contributed by atoms with Crippen molar-refractivity contribution in [3.05, 3.63) is 22.4 Å². The maximum Gasteiger partial charge on any atom is 0.317 e. The third-order valence-electron chi connectivity index (χ3n) is 3.41. The molecule has 1 saturated heterocycles. The molecule has 6 nitrogen and oxygen atoms in total. The molecule has 0 spiro atoms. The monoisotopic (exact) mass is 298 g/mol. The molecule has 2 rings (SSSR count). The molecule has 0 saturated carbocycles. The molecule has 1 aliphatic rings. The summed E-state index contributed by atoms with van der Waals surface area (Å²) in [7, 11) is 1.61. The lowest BCUT2D eigenvalue weighted by molar-refractivity contribution is -0.142. The number of likely N-dealkylation sites (N-methyl/N-ethyl adjacent to an activating group) is 1. The van der Waals surface area contributed by atoms with Crippen LogP contribution in [0.4, 0.5) is 4.79 Å².